The minimum atomic E-state index is -0.204. The van der Waals surface area contributed by atoms with Gasteiger partial charge in [-0.05, 0) is 80.7 Å². The maximum atomic E-state index is 13.6. The van der Waals surface area contributed by atoms with Crippen molar-refractivity contribution < 1.29 is 4.79 Å². The number of piperidine rings is 1. The largest absolute Gasteiger partial charge is 0.364 e. The molecule has 224 valence electrons. The van der Waals surface area contributed by atoms with Gasteiger partial charge in [0.2, 0.25) is 0 Å². The molecule has 0 spiro atoms. The van der Waals surface area contributed by atoms with Gasteiger partial charge in [0.1, 0.15) is 11.5 Å². The van der Waals surface area contributed by atoms with E-state index in [1.807, 2.05) is 25.2 Å². The maximum Gasteiger partial charge on any atom is 0.274 e. The summed E-state index contributed by atoms with van der Waals surface area (Å²) < 4.78 is 0. The summed E-state index contributed by atoms with van der Waals surface area (Å²) in [5.74, 6) is 2.65. The van der Waals surface area contributed by atoms with Crippen LogP contribution in [0.15, 0.2) is 35.3 Å². The quantitative estimate of drug-likeness (QED) is 0.293. The molecule has 5 rings (SSSR count). The second-order valence-corrected chi connectivity index (χ2v) is 13.6. The Morgan fingerprint density at radius 2 is 2.00 bits per heavy atom. The van der Waals surface area contributed by atoms with Crippen molar-refractivity contribution in [2.45, 2.75) is 84.1 Å². The molecule has 1 aliphatic heterocycles. The Balaban J connectivity index is 1.35. The number of rotatable bonds is 9. The molecule has 42 heavy (non-hydrogen) atoms. The van der Waals surface area contributed by atoms with E-state index in [9.17, 15) is 10.1 Å². The van der Waals surface area contributed by atoms with Crippen molar-refractivity contribution in [3.8, 4) is 6.07 Å². The number of nitrogens with zero attached hydrogens (tertiary/aromatic N) is 6. The molecule has 0 radical (unpaired) electrons. The Hall–Kier alpha value is -3.31. The van der Waals surface area contributed by atoms with Crippen molar-refractivity contribution in [1.29, 1.82) is 5.26 Å². The molecule has 0 bridgehead atoms. The van der Waals surface area contributed by atoms with Gasteiger partial charge in [-0.1, -0.05) is 32.9 Å². The van der Waals surface area contributed by atoms with E-state index in [4.69, 9.17) is 9.97 Å². The number of amidine groups is 1. The van der Waals surface area contributed by atoms with Crippen molar-refractivity contribution in [2.75, 3.05) is 39.0 Å². The summed E-state index contributed by atoms with van der Waals surface area (Å²) in [6.07, 6.45) is 5.70. The molecular weight excluding hydrogens is 522 g/mol. The zero-order valence-electron chi connectivity index (χ0n) is 26.3. The summed E-state index contributed by atoms with van der Waals surface area (Å²) in [4.78, 5) is 32.4. The molecule has 2 saturated carbocycles. The normalized spacial score (nSPS) is 25.8. The van der Waals surface area contributed by atoms with Crippen LogP contribution < -0.4 is 5.32 Å². The lowest BCUT2D eigenvalue weighted by Gasteiger charge is -2.46. The van der Waals surface area contributed by atoms with E-state index in [0.717, 1.165) is 93.3 Å². The van der Waals surface area contributed by atoms with E-state index in [0.29, 0.717) is 22.9 Å². The molecule has 1 atom stereocenters. The zero-order chi connectivity index (χ0) is 30.1. The highest BCUT2D eigenvalue weighted by molar-refractivity contribution is 6.03. The summed E-state index contributed by atoms with van der Waals surface area (Å²) in [5.41, 5.74) is 3.44. The summed E-state index contributed by atoms with van der Waals surface area (Å²) in [7, 11) is 3.90. The molecule has 3 aliphatic rings. The lowest BCUT2D eigenvalue weighted by Crippen LogP contribution is -2.45. The van der Waals surface area contributed by atoms with Gasteiger partial charge < -0.3 is 10.2 Å². The monoisotopic (exact) mass is 569 g/mol. The molecule has 2 aliphatic carbocycles. The third-order valence-corrected chi connectivity index (χ3v) is 10.2. The van der Waals surface area contributed by atoms with E-state index in [1.165, 1.54) is 0 Å². The van der Waals surface area contributed by atoms with Crippen LogP contribution >= 0.6 is 0 Å². The lowest BCUT2D eigenvalue weighted by atomic mass is 9.57. The Bertz CT molecular complexity index is 1370. The first-order valence-electron chi connectivity index (χ1n) is 15.6. The number of benzene rings is 1. The standard InChI is InChI=1S/C34H47N7O/c1-7-40(6)30(36-5)19-34(17-24(18-34)20-35)26-9-8-10-27(15-26)38-32(42)29-16-28(37-31(39-29)25-11-12-25)22-41-14-13-33(3,4)23(2)21-41/h8-10,15-16,23-25H,7,11-14,17-19,21-22H2,1-6H3,(H,38,42)/b36-30-/t23-,24?,34?/m1/s1. The molecule has 0 unspecified atom stereocenters. The van der Waals surface area contributed by atoms with Gasteiger partial charge in [0.25, 0.3) is 5.91 Å². The zero-order valence-corrected chi connectivity index (χ0v) is 26.3. The number of nitrogens with one attached hydrogen (secondary N) is 1. The van der Waals surface area contributed by atoms with Gasteiger partial charge in [-0.3, -0.25) is 14.7 Å². The van der Waals surface area contributed by atoms with Crippen LogP contribution in [-0.4, -0.2) is 65.2 Å². The second kappa shape index (κ2) is 12.1. The molecular formula is C34H47N7O. The highest BCUT2D eigenvalue weighted by Crippen LogP contribution is 2.51. The van der Waals surface area contributed by atoms with Gasteiger partial charge in [-0.25, -0.2) is 9.97 Å². The minimum absolute atomic E-state index is 0.0440. The van der Waals surface area contributed by atoms with Crippen LogP contribution in [0.3, 0.4) is 0 Å². The second-order valence-electron chi connectivity index (χ2n) is 13.6. The molecule has 3 fully saturated rings. The van der Waals surface area contributed by atoms with Crippen molar-refractivity contribution in [2.24, 2.45) is 22.2 Å². The number of carbonyl (C=O) groups excluding carboxylic acids is 1. The fraction of sp³-hybridized carbons (Fsp3) is 0.618. The summed E-state index contributed by atoms with van der Waals surface area (Å²) in [6.45, 7) is 12.9. The van der Waals surface area contributed by atoms with Crippen molar-refractivity contribution >= 4 is 17.4 Å². The fourth-order valence-electron chi connectivity index (χ4n) is 6.48. The fourth-order valence-corrected chi connectivity index (χ4v) is 6.48. The molecule has 8 heteroatoms. The number of anilines is 1. The molecule has 8 nitrogen and oxygen atoms in total. The van der Waals surface area contributed by atoms with Crippen molar-refractivity contribution in [1.82, 2.24) is 19.8 Å². The van der Waals surface area contributed by atoms with E-state index >= 15 is 0 Å². The van der Waals surface area contributed by atoms with E-state index in [-0.39, 0.29) is 17.2 Å². The summed E-state index contributed by atoms with van der Waals surface area (Å²) in [6, 6.07) is 12.5. The SMILES string of the molecule is CCN(C)/C(CC1(c2cccc(NC(=O)c3cc(CN4CCC(C)(C)[C@H](C)C4)nc(C4CC4)n3)c2)CC(C#N)C1)=N\C. The van der Waals surface area contributed by atoms with Crippen molar-refractivity contribution in [3.63, 3.8) is 0 Å². The van der Waals surface area contributed by atoms with Gasteiger partial charge in [0.05, 0.1) is 17.6 Å². The Morgan fingerprint density at radius 3 is 2.64 bits per heavy atom. The number of aromatic nitrogens is 2. The predicted molar refractivity (Wildman–Crippen MR) is 168 cm³/mol. The molecule has 1 N–H and O–H groups in total. The number of hydrogen-bond donors (Lipinski definition) is 1. The van der Waals surface area contributed by atoms with E-state index < -0.39 is 0 Å². The van der Waals surface area contributed by atoms with Crippen LogP contribution in [0.4, 0.5) is 5.69 Å². The number of nitriles is 1. The molecule has 1 aromatic heterocycles. The van der Waals surface area contributed by atoms with Crippen LogP contribution in [0.25, 0.3) is 0 Å². The van der Waals surface area contributed by atoms with Gasteiger partial charge in [-0.15, -0.1) is 0 Å². The van der Waals surface area contributed by atoms with Crippen LogP contribution in [-0.2, 0) is 12.0 Å². The highest BCUT2D eigenvalue weighted by Gasteiger charge is 2.47. The third kappa shape index (κ3) is 6.52. The van der Waals surface area contributed by atoms with Crippen LogP contribution in [0, 0.1) is 28.6 Å². The molecule has 1 aromatic carbocycles. The summed E-state index contributed by atoms with van der Waals surface area (Å²) >= 11 is 0. The Morgan fingerprint density at radius 1 is 1.24 bits per heavy atom. The first-order chi connectivity index (χ1) is 20.1. The number of aliphatic imine (C=N–C) groups is 1. The Labute approximate surface area is 251 Å². The molecule has 2 heterocycles. The van der Waals surface area contributed by atoms with E-state index in [2.05, 4.69) is 73.1 Å². The van der Waals surface area contributed by atoms with Crippen LogP contribution in [0.5, 0.6) is 0 Å². The maximum absolute atomic E-state index is 13.6. The highest BCUT2D eigenvalue weighted by atomic mass is 16.1. The number of likely N-dealkylation sites (tertiary alicyclic amines) is 1. The molecule has 1 saturated heterocycles. The summed E-state index contributed by atoms with van der Waals surface area (Å²) in [5, 5.41) is 12.7. The van der Waals surface area contributed by atoms with Crippen LogP contribution in [0.2, 0.25) is 0 Å². The molecule has 2 aromatic rings. The number of hydrogen-bond acceptors (Lipinski definition) is 6. The third-order valence-electron chi connectivity index (χ3n) is 10.2. The first kappa shape index (κ1) is 30.2. The first-order valence-corrected chi connectivity index (χ1v) is 15.6. The minimum Gasteiger partial charge on any atom is -0.364 e. The van der Waals surface area contributed by atoms with Gasteiger partial charge >= 0.3 is 0 Å². The smallest absolute Gasteiger partial charge is 0.274 e. The van der Waals surface area contributed by atoms with Gasteiger partial charge in [0.15, 0.2) is 0 Å². The lowest BCUT2D eigenvalue weighted by molar-refractivity contribution is 0.0655. The number of amides is 1. The average Bonchev–Trinajstić information content (AvgIpc) is 3.80. The Kier molecular flexibility index (Phi) is 8.71. The van der Waals surface area contributed by atoms with E-state index in [1.54, 1.807) is 0 Å². The number of carbonyl (C=O) groups is 1. The van der Waals surface area contributed by atoms with Crippen LogP contribution in [0.1, 0.15) is 99.7 Å². The van der Waals surface area contributed by atoms with Crippen molar-refractivity contribution in [3.05, 3.63) is 53.1 Å². The average molecular weight is 570 g/mol. The van der Waals surface area contributed by atoms with Gasteiger partial charge in [0, 0.05) is 63.1 Å². The van der Waals surface area contributed by atoms with Gasteiger partial charge in [-0.2, -0.15) is 5.26 Å². The topological polar surface area (TPSA) is 97.5 Å². The molecule has 1 amide bonds. The predicted octanol–water partition coefficient (Wildman–Crippen LogP) is 6.02.